The van der Waals surface area contributed by atoms with Crippen LogP contribution in [-0.2, 0) is 0 Å². The van der Waals surface area contributed by atoms with Crippen LogP contribution in [0.15, 0.2) is 12.7 Å². The molecule has 36 valence electrons. The molecule has 6 heavy (non-hydrogen) atoms. The Morgan fingerprint density at radius 1 is 2.00 bits per heavy atom. The lowest BCUT2D eigenvalue weighted by atomic mass is 10.5. The summed E-state index contributed by atoms with van der Waals surface area (Å²) in [6.07, 6.45) is 2.03. The van der Waals surface area contributed by atoms with E-state index < -0.39 is 4.18 Å². The molecule has 0 radical (unpaired) electrons. The van der Waals surface area contributed by atoms with Crippen LogP contribution < -0.4 is 0 Å². The van der Waals surface area contributed by atoms with Crippen molar-refractivity contribution in [2.75, 3.05) is 0 Å². The van der Waals surface area contributed by atoms with E-state index in [0.29, 0.717) is 6.42 Å². The molecular formula is C4H6FI. The van der Waals surface area contributed by atoms with Crippen molar-refractivity contribution in [3.8, 4) is 0 Å². The molecule has 0 nitrogen and oxygen atoms in total. The molecule has 0 aromatic carbocycles. The van der Waals surface area contributed by atoms with Crippen LogP contribution in [0.3, 0.4) is 0 Å². The third-order valence-corrected chi connectivity index (χ3v) is 0.853. The highest BCUT2D eigenvalue weighted by Gasteiger charge is 1.90. The smallest absolute Gasteiger partial charge is 0.154 e. The van der Waals surface area contributed by atoms with Crippen LogP contribution in [0.1, 0.15) is 6.42 Å². The van der Waals surface area contributed by atoms with Crippen LogP contribution in [0.5, 0.6) is 0 Å². The van der Waals surface area contributed by atoms with Gasteiger partial charge in [0.15, 0.2) is 4.18 Å². The van der Waals surface area contributed by atoms with Gasteiger partial charge in [-0.15, -0.1) is 6.58 Å². The second-order valence-corrected chi connectivity index (χ2v) is 2.27. The van der Waals surface area contributed by atoms with Gasteiger partial charge in [-0.1, -0.05) is 6.08 Å². The summed E-state index contributed by atoms with van der Waals surface area (Å²) in [7, 11) is 0. The molecule has 0 rings (SSSR count). The van der Waals surface area contributed by atoms with Crippen LogP contribution in [-0.4, -0.2) is 4.18 Å². The first-order chi connectivity index (χ1) is 2.77. The van der Waals surface area contributed by atoms with Crippen molar-refractivity contribution >= 4 is 22.6 Å². The SMILES string of the molecule is C=CCC(F)I. The standard InChI is InChI=1S/C4H6FI/c1-2-3-4(5)6/h2,4H,1,3H2. The van der Waals surface area contributed by atoms with Gasteiger partial charge in [0, 0.05) is 6.42 Å². The molecule has 0 spiro atoms. The zero-order valence-corrected chi connectivity index (χ0v) is 5.48. The van der Waals surface area contributed by atoms with Crippen LogP contribution in [0.2, 0.25) is 0 Å². The molecule has 0 saturated heterocycles. The molecule has 2 heteroatoms. The van der Waals surface area contributed by atoms with Gasteiger partial charge in [-0.25, -0.2) is 4.39 Å². The van der Waals surface area contributed by atoms with Crippen molar-refractivity contribution < 1.29 is 4.39 Å². The summed E-state index contributed by atoms with van der Waals surface area (Å²) >= 11 is 1.70. The average molecular weight is 200 g/mol. The number of hydrogen-bond donors (Lipinski definition) is 0. The minimum Gasteiger partial charge on any atom is -0.236 e. The van der Waals surface area contributed by atoms with E-state index in [2.05, 4.69) is 6.58 Å². The fraction of sp³-hybridized carbons (Fsp3) is 0.500. The Hall–Kier alpha value is 0.400. The van der Waals surface area contributed by atoms with Crippen molar-refractivity contribution in [3.63, 3.8) is 0 Å². The van der Waals surface area contributed by atoms with Gasteiger partial charge in [0.1, 0.15) is 0 Å². The number of halogens is 2. The van der Waals surface area contributed by atoms with Crippen LogP contribution >= 0.6 is 22.6 Å². The van der Waals surface area contributed by atoms with Gasteiger partial charge in [0.2, 0.25) is 0 Å². The minimum absolute atomic E-state index is 0.459. The Morgan fingerprint density at radius 2 is 2.50 bits per heavy atom. The van der Waals surface area contributed by atoms with Crippen molar-refractivity contribution in [3.05, 3.63) is 12.7 Å². The number of alkyl halides is 2. The second kappa shape index (κ2) is 3.59. The van der Waals surface area contributed by atoms with Crippen LogP contribution in [0.4, 0.5) is 4.39 Å². The van der Waals surface area contributed by atoms with E-state index in [-0.39, 0.29) is 0 Å². The number of allylic oxidation sites excluding steroid dienone is 1. The maximum Gasteiger partial charge on any atom is 0.154 e. The summed E-state index contributed by atoms with van der Waals surface area (Å²) in [6.45, 7) is 3.36. The molecule has 1 atom stereocenters. The number of hydrogen-bond acceptors (Lipinski definition) is 0. The van der Waals surface area contributed by atoms with Gasteiger partial charge in [-0.3, -0.25) is 0 Å². The van der Waals surface area contributed by atoms with Crippen molar-refractivity contribution in [2.24, 2.45) is 0 Å². The van der Waals surface area contributed by atoms with Crippen LogP contribution in [0, 0.1) is 0 Å². The second-order valence-electron chi connectivity index (χ2n) is 0.915. The first-order valence-electron chi connectivity index (χ1n) is 1.66. The Labute approximate surface area is 50.6 Å². The fourth-order valence-corrected chi connectivity index (χ4v) is 0.486. The molecule has 0 aromatic rings. The Morgan fingerprint density at radius 3 is 2.50 bits per heavy atom. The van der Waals surface area contributed by atoms with Crippen molar-refractivity contribution in [1.29, 1.82) is 0 Å². The van der Waals surface area contributed by atoms with E-state index in [1.807, 2.05) is 0 Å². The molecule has 0 aliphatic heterocycles. The topological polar surface area (TPSA) is 0 Å². The molecule has 0 fully saturated rings. The predicted octanol–water partition coefficient (Wildman–Crippen LogP) is 2.29. The third kappa shape index (κ3) is 4.40. The summed E-state index contributed by atoms with van der Waals surface area (Å²) in [4.78, 5) is 0. The molecule has 0 heterocycles. The molecule has 1 unspecified atom stereocenters. The molecule has 0 aliphatic rings. The maximum atomic E-state index is 11.6. The van der Waals surface area contributed by atoms with E-state index in [4.69, 9.17) is 0 Å². The Bertz CT molecular complexity index is 42.8. The Kier molecular flexibility index (Phi) is 3.82. The highest BCUT2D eigenvalue weighted by atomic mass is 127. The third-order valence-electron chi connectivity index (χ3n) is 0.345. The molecular weight excluding hydrogens is 194 g/mol. The first kappa shape index (κ1) is 6.40. The van der Waals surface area contributed by atoms with Crippen LogP contribution in [0.25, 0.3) is 0 Å². The van der Waals surface area contributed by atoms with Gasteiger partial charge >= 0.3 is 0 Å². The Balaban J connectivity index is 2.81. The summed E-state index contributed by atoms with van der Waals surface area (Å²) in [6, 6.07) is 0. The predicted molar refractivity (Wildman–Crippen MR) is 33.7 cm³/mol. The lowest BCUT2D eigenvalue weighted by Gasteiger charge is -1.86. The maximum absolute atomic E-state index is 11.6. The summed E-state index contributed by atoms with van der Waals surface area (Å²) < 4.78 is 10.9. The molecule has 0 N–H and O–H groups in total. The molecule has 0 aromatic heterocycles. The fourth-order valence-electron chi connectivity index (χ4n) is 0.126. The normalized spacial score (nSPS) is 13.7. The molecule has 0 amide bonds. The summed E-state index contributed by atoms with van der Waals surface area (Å²) in [5.74, 6) is 0. The van der Waals surface area contributed by atoms with E-state index in [0.717, 1.165) is 0 Å². The lowest BCUT2D eigenvalue weighted by Crippen LogP contribution is -1.78. The van der Waals surface area contributed by atoms with Gasteiger partial charge in [-0.2, -0.15) is 0 Å². The molecule has 0 aliphatic carbocycles. The van der Waals surface area contributed by atoms with E-state index >= 15 is 0 Å². The van der Waals surface area contributed by atoms with Gasteiger partial charge in [0.25, 0.3) is 0 Å². The summed E-state index contributed by atoms with van der Waals surface area (Å²) in [5.41, 5.74) is 0. The number of rotatable bonds is 2. The van der Waals surface area contributed by atoms with Gasteiger partial charge in [0.05, 0.1) is 0 Å². The van der Waals surface area contributed by atoms with Gasteiger partial charge in [-0.05, 0) is 22.6 Å². The molecule has 0 saturated carbocycles. The van der Waals surface area contributed by atoms with Gasteiger partial charge < -0.3 is 0 Å². The lowest BCUT2D eigenvalue weighted by molar-refractivity contribution is 0.477. The first-order valence-corrected chi connectivity index (χ1v) is 2.91. The zero-order chi connectivity index (χ0) is 4.99. The minimum atomic E-state index is -0.750. The monoisotopic (exact) mass is 200 g/mol. The average Bonchev–Trinajstić information content (AvgIpc) is 1.35. The largest absolute Gasteiger partial charge is 0.236 e. The van der Waals surface area contributed by atoms with E-state index in [9.17, 15) is 4.39 Å². The highest BCUT2D eigenvalue weighted by molar-refractivity contribution is 14.1. The summed E-state index contributed by atoms with van der Waals surface area (Å²) in [5, 5.41) is 0. The zero-order valence-electron chi connectivity index (χ0n) is 3.32. The van der Waals surface area contributed by atoms with E-state index in [1.54, 1.807) is 28.7 Å². The molecule has 0 bridgehead atoms. The van der Waals surface area contributed by atoms with Crippen molar-refractivity contribution in [1.82, 2.24) is 0 Å². The quantitative estimate of drug-likeness (QED) is 0.364. The van der Waals surface area contributed by atoms with E-state index in [1.165, 1.54) is 0 Å². The highest BCUT2D eigenvalue weighted by Crippen LogP contribution is 2.05. The van der Waals surface area contributed by atoms with Crippen molar-refractivity contribution in [2.45, 2.75) is 10.6 Å².